The van der Waals surface area contributed by atoms with Gasteiger partial charge in [-0.25, -0.2) is 4.79 Å². The summed E-state index contributed by atoms with van der Waals surface area (Å²) in [5, 5.41) is 27.0. The van der Waals surface area contributed by atoms with Crippen LogP contribution in [0, 0.1) is 17.8 Å². The van der Waals surface area contributed by atoms with Crippen molar-refractivity contribution in [2.24, 2.45) is 22.9 Å². The van der Waals surface area contributed by atoms with Crippen molar-refractivity contribution in [1.82, 2.24) is 10.2 Å². The second-order valence-corrected chi connectivity index (χ2v) is 14.4. The molecule has 2 aromatic rings. The molecule has 0 spiro atoms. The molecule has 0 saturated heterocycles. The molecular formula is C42H55N3O10. The molecule has 2 aliphatic carbocycles. The van der Waals surface area contributed by atoms with Gasteiger partial charge in [0, 0.05) is 49.8 Å². The highest BCUT2D eigenvalue weighted by Gasteiger charge is 2.65. The van der Waals surface area contributed by atoms with Crippen molar-refractivity contribution in [3.8, 4) is 23.0 Å². The highest BCUT2D eigenvalue weighted by Crippen LogP contribution is 2.62. The summed E-state index contributed by atoms with van der Waals surface area (Å²) in [6, 6.07) is 9.97. The molecule has 4 aliphatic rings. The van der Waals surface area contributed by atoms with E-state index in [1.807, 2.05) is 30.9 Å². The number of ether oxygens (including phenoxy) is 5. The topological polar surface area (TPSA) is 158 Å². The zero-order valence-electron chi connectivity index (χ0n) is 32.2. The van der Waals surface area contributed by atoms with Crippen LogP contribution in [-0.2, 0) is 9.57 Å². The van der Waals surface area contributed by atoms with E-state index in [2.05, 4.69) is 23.1 Å². The molecule has 2 aliphatic heterocycles. The molecule has 0 radical (unpaired) electrons. The molecule has 1 fully saturated rings. The largest absolute Gasteiger partial charge is 0.459 e. The van der Waals surface area contributed by atoms with E-state index in [0.717, 1.165) is 36.8 Å². The fraction of sp³-hybridized carbons (Fsp3) is 0.548. The van der Waals surface area contributed by atoms with E-state index in [4.69, 9.17) is 28.5 Å². The molecule has 2 aromatic carbocycles. The van der Waals surface area contributed by atoms with Crippen molar-refractivity contribution in [2.75, 3.05) is 46.8 Å². The molecule has 55 heavy (non-hydrogen) atoms. The highest BCUT2D eigenvalue weighted by molar-refractivity contribution is 6.03. The third-order valence-electron chi connectivity index (χ3n) is 11.1. The van der Waals surface area contributed by atoms with Crippen LogP contribution in [0.25, 0.3) is 0 Å². The summed E-state index contributed by atoms with van der Waals surface area (Å²) in [5.74, 6) is -0.225. The number of fused-ring (bicyclic) bond motifs is 3. The summed E-state index contributed by atoms with van der Waals surface area (Å²) in [5.41, 5.74) is 2.92. The number of allylic oxidation sites excluding steroid dienone is 1. The third-order valence-corrected chi connectivity index (χ3v) is 11.1. The first kappa shape index (κ1) is 40.1. The molecule has 2 heterocycles. The molecule has 1 saturated carbocycles. The van der Waals surface area contributed by atoms with Crippen LogP contribution in [0.1, 0.15) is 87.1 Å². The van der Waals surface area contributed by atoms with E-state index in [1.165, 1.54) is 7.11 Å². The number of aliphatic hydroxyl groups is 2. The number of carbonyl (C=O) groups excluding carboxylic acids is 2. The molecule has 3 N–H and O–H groups in total. The molecule has 298 valence electrons. The summed E-state index contributed by atoms with van der Waals surface area (Å²) >= 11 is 0. The maximum Gasteiger partial charge on any atom is 0.412 e. The van der Waals surface area contributed by atoms with Gasteiger partial charge in [0.1, 0.15) is 24.7 Å². The van der Waals surface area contributed by atoms with Crippen molar-refractivity contribution in [3.05, 3.63) is 71.8 Å². The van der Waals surface area contributed by atoms with Gasteiger partial charge >= 0.3 is 6.09 Å². The molecule has 0 bridgehead atoms. The van der Waals surface area contributed by atoms with Gasteiger partial charge in [-0.3, -0.25) is 4.79 Å². The number of hydrogen-bond acceptors (Lipinski definition) is 11. The van der Waals surface area contributed by atoms with Gasteiger partial charge < -0.3 is 49.0 Å². The second-order valence-electron chi connectivity index (χ2n) is 14.4. The van der Waals surface area contributed by atoms with Crippen LogP contribution in [0.3, 0.4) is 0 Å². The Balaban J connectivity index is 1.57. The summed E-state index contributed by atoms with van der Waals surface area (Å²) in [6.45, 7) is 9.07. The fourth-order valence-electron chi connectivity index (χ4n) is 8.94. The lowest BCUT2D eigenvalue weighted by atomic mass is 9.55. The summed E-state index contributed by atoms with van der Waals surface area (Å²) in [7, 11) is 1.52. The Hall–Kier alpha value is -4.59. The Morgan fingerprint density at radius 3 is 2.53 bits per heavy atom. The number of rotatable bonds is 18. The monoisotopic (exact) mass is 761 g/mol. The number of carbonyl (C=O) groups is 2. The Bertz CT molecular complexity index is 1750. The quantitative estimate of drug-likeness (QED) is 0.0890. The fourth-order valence-corrected chi connectivity index (χ4v) is 8.94. The van der Waals surface area contributed by atoms with Crippen molar-refractivity contribution in [2.45, 2.75) is 83.0 Å². The van der Waals surface area contributed by atoms with Crippen molar-refractivity contribution >= 4 is 17.7 Å². The number of nitrogens with one attached hydrogen (secondary N) is 1. The van der Waals surface area contributed by atoms with Crippen LogP contribution in [0.15, 0.2) is 65.9 Å². The Kier molecular flexibility index (Phi) is 13.4. The molecule has 13 heteroatoms. The first-order chi connectivity index (χ1) is 26.8. The summed E-state index contributed by atoms with van der Waals surface area (Å²) in [6.07, 6.45) is 8.86. The van der Waals surface area contributed by atoms with E-state index in [-0.39, 0.29) is 56.7 Å². The van der Waals surface area contributed by atoms with Crippen molar-refractivity contribution in [1.29, 1.82) is 0 Å². The van der Waals surface area contributed by atoms with Crippen molar-refractivity contribution < 1.29 is 48.3 Å². The number of aliphatic hydroxyl groups excluding tert-OH is 2. The molecule has 0 unspecified atom stereocenters. The lowest BCUT2D eigenvalue weighted by Gasteiger charge is -2.60. The van der Waals surface area contributed by atoms with Crippen LogP contribution in [0.5, 0.6) is 23.0 Å². The van der Waals surface area contributed by atoms with Crippen LogP contribution in [-0.4, -0.2) is 91.5 Å². The van der Waals surface area contributed by atoms with E-state index in [9.17, 15) is 19.8 Å². The molecular weight excluding hydrogens is 706 g/mol. The van der Waals surface area contributed by atoms with Crippen LogP contribution in [0.4, 0.5) is 4.79 Å². The number of oxime groups is 1. The van der Waals surface area contributed by atoms with Gasteiger partial charge in [0.2, 0.25) is 12.6 Å². The zero-order chi connectivity index (χ0) is 39.0. The minimum absolute atomic E-state index is 0.0276. The van der Waals surface area contributed by atoms with Gasteiger partial charge in [0.05, 0.1) is 18.2 Å². The smallest absolute Gasteiger partial charge is 0.412 e. The molecule has 0 aromatic heterocycles. The first-order valence-electron chi connectivity index (χ1n) is 19.6. The van der Waals surface area contributed by atoms with Gasteiger partial charge in [-0.15, -0.1) is 6.58 Å². The SMILES string of the molecule is C=CCO[C@@]12Oc3ccc(OC(=O)NCC)cc3[C@H]3[C@H](CCCCO)[C@@H](CCCCO)C=C(C(=NOC)C[C@@H]1N(CCC)C(=O)c1ccc4c(c1)OCO4)[C@H]32. The maximum absolute atomic E-state index is 14.8. The molecule has 13 nitrogen and oxygen atoms in total. The van der Waals surface area contributed by atoms with E-state index in [1.54, 1.807) is 30.3 Å². The Morgan fingerprint density at radius 2 is 1.80 bits per heavy atom. The predicted molar refractivity (Wildman–Crippen MR) is 206 cm³/mol. The predicted octanol–water partition coefficient (Wildman–Crippen LogP) is 6.34. The standard InChI is InChI=1S/C42H55N3O10/c1-5-18-45(40(48)28-14-16-35-36(23-28)52-26-51-35)37-25-33(44-50-4)31-22-27(12-8-10-19-46)30(13-9-11-20-47)38-32-24-29(54-41(49)43-7-3)15-17-34(32)55-42(37,39(31)38)53-21-6-2/h6,14-17,22-24,27,30,37-39,46-47H,2,5,7-13,18-21,25-26H2,1,3-4H3,(H,43,49)/t27-,30+,37-,38+,39+,42+/m0/s1. The first-order valence-corrected chi connectivity index (χ1v) is 19.6. The van der Waals surface area contributed by atoms with Gasteiger partial charge in [0.15, 0.2) is 11.5 Å². The zero-order valence-corrected chi connectivity index (χ0v) is 32.2. The van der Waals surface area contributed by atoms with Crippen molar-refractivity contribution in [3.63, 3.8) is 0 Å². The van der Waals surface area contributed by atoms with Gasteiger partial charge in [0.25, 0.3) is 5.91 Å². The number of hydrogen-bond donors (Lipinski definition) is 3. The molecule has 2 amide bonds. The number of amides is 2. The third kappa shape index (κ3) is 8.20. The number of unbranched alkanes of at least 4 members (excludes halogenated alkanes) is 2. The Labute approximate surface area is 323 Å². The summed E-state index contributed by atoms with van der Waals surface area (Å²) in [4.78, 5) is 34.8. The van der Waals surface area contributed by atoms with Crippen LogP contribution < -0.4 is 24.3 Å². The van der Waals surface area contributed by atoms with E-state index >= 15 is 0 Å². The lowest BCUT2D eigenvalue weighted by molar-refractivity contribution is -0.254. The second kappa shape index (κ2) is 18.4. The van der Waals surface area contributed by atoms with Crippen LogP contribution >= 0.6 is 0 Å². The number of benzene rings is 2. The summed E-state index contributed by atoms with van der Waals surface area (Å²) < 4.78 is 31.2. The van der Waals surface area contributed by atoms with Crippen LogP contribution in [0.2, 0.25) is 0 Å². The minimum atomic E-state index is -1.40. The molecule has 6 atom stereocenters. The molecule has 6 rings (SSSR count). The number of nitrogens with zero attached hydrogens (tertiary/aromatic N) is 2. The lowest BCUT2D eigenvalue weighted by Crippen LogP contribution is -2.70. The van der Waals surface area contributed by atoms with E-state index in [0.29, 0.717) is 66.6 Å². The van der Waals surface area contributed by atoms with Gasteiger partial charge in [-0.1, -0.05) is 37.1 Å². The Morgan fingerprint density at radius 1 is 1.04 bits per heavy atom. The normalized spacial score (nSPS) is 25.2. The van der Waals surface area contributed by atoms with E-state index < -0.39 is 23.8 Å². The maximum atomic E-state index is 14.8. The highest BCUT2D eigenvalue weighted by atomic mass is 16.7. The van der Waals surface area contributed by atoms with Gasteiger partial charge in [-0.2, -0.15) is 0 Å². The average Bonchev–Trinajstić information content (AvgIpc) is 3.66. The average molecular weight is 762 g/mol. The van der Waals surface area contributed by atoms with Gasteiger partial charge in [-0.05, 0) is 92.8 Å². The minimum Gasteiger partial charge on any atom is -0.459 e.